The van der Waals surface area contributed by atoms with Gasteiger partial charge in [-0.15, -0.1) is 0 Å². The molecular formula is C19H23N5O4S. The van der Waals surface area contributed by atoms with E-state index < -0.39 is 11.2 Å². The molecule has 0 aliphatic rings. The zero-order chi connectivity index (χ0) is 21.1. The minimum absolute atomic E-state index is 0.0635. The molecule has 3 rings (SSSR count). The number of aromatic nitrogens is 4. The molecule has 1 amide bonds. The number of carbonyl (C=O) groups is 1. The van der Waals surface area contributed by atoms with E-state index in [1.165, 1.54) is 35.5 Å². The molecule has 0 saturated carbocycles. The molecule has 2 aromatic heterocycles. The summed E-state index contributed by atoms with van der Waals surface area (Å²) >= 11 is 1.20. The van der Waals surface area contributed by atoms with Crippen molar-refractivity contribution in [1.29, 1.82) is 0 Å². The summed E-state index contributed by atoms with van der Waals surface area (Å²) in [5.41, 5.74) is 0.318. The number of aromatic hydroxyl groups is 1. The first kappa shape index (κ1) is 20.7. The lowest BCUT2D eigenvalue weighted by molar-refractivity contribution is -0.113. The summed E-state index contributed by atoms with van der Waals surface area (Å²) in [4.78, 5) is 41.7. The second kappa shape index (κ2) is 8.56. The number of hydrogen-bond donors (Lipinski definition) is 2. The summed E-state index contributed by atoms with van der Waals surface area (Å²) in [7, 11) is 3.01. The average Bonchev–Trinajstić information content (AvgIpc) is 3.06. The Morgan fingerprint density at radius 2 is 2.00 bits per heavy atom. The molecule has 29 heavy (non-hydrogen) atoms. The molecular weight excluding hydrogens is 394 g/mol. The van der Waals surface area contributed by atoms with Gasteiger partial charge in [-0.05, 0) is 18.6 Å². The second-order valence-electron chi connectivity index (χ2n) is 6.66. The molecule has 9 nitrogen and oxygen atoms in total. The van der Waals surface area contributed by atoms with E-state index in [-0.39, 0.29) is 17.4 Å². The monoisotopic (exact) mass is 417 g/mol. The number of fused-ring (bicyclic) bond motifs is 1. The lowest BCUT2D eigenvalue weighted by Gasteiger charge is -2.09. The van der Waals surface area contributed by atoms with Crippen LogP contribution in [0, 0.1) is 0 Å². The predicted octanol–water partition coefficient (Wildman–Crippen LogP) is 1.67. The Morgan fingerprint density at radius 3 is 2.69 bits per heavy atom. The van der Waals surface area contributed by atoms with Gasteiger partial charge in [0.25, 0.3) is 5.56 Å². The minimum atomic E-state index is -0.444. The summed E-state index contributed by atoms with van der Waals surface area (Å²) in [6.45, 7) is 2.61. The smallest absolute Gasteiger partial charge is 0.332 e. The van der Waals surface area contributed by atoms with Gasteiger partial charge < -0.3 is 15.0 Å². The molecule has 3 aromatic rings. The minimum Gasteiger partial charge on any atom is -0.508 e. The molecule has 2 heterocycles. The highest BCUT2D eigenvalue weighted by Crippen LogP contribution is 2.23. The Morgan fingerprint density at radius 1 is 1.24 bits per heavy atom. The number of carbonyl (C=O) groups excluding carboxylic acids is 1. The van der Waals surface area contributed by atoms with Crippen LogP contribution in [-0.4, -0.2) is 35.5 Å². The average molecular weight is 417 g/mol. The van der Waals surface area contributed by atoms with Crippen molar-refractivity contribution in [3.63, 3.8) is 0 Å². The van der Waals surface area contributed by atoms with Crippen molar-refractivity contribution in [3.8, 4) is 5.75 Å². The Kier molecular flexibility index (Phi) is 6.12. The zero-order valence-corrected chi connectivity index (χ0v) is 17.3. The van der Waals surface area contributed by atoms with Crippen LogP contribution < -0.4 is 16.6 Å². The van der Waals surface area contributed by atoms with Crippen molar-refractivity contribution in [2.75, 3.05) is 11.1 Å². The maximum atomic E-state index is 12.7. The van der Waals surface area contributed by atoms with Crippen LogP contribution in [0.1, 0.15) is 19.8 Å². The van der Waals surface area contributed by atoms with Gasteiger partial charge >= 0.3 is 5.69 Å². The van der Waals surface area contributed by atoms with Crippen LogP contribution in [0.2, 0.25) is 0 Å². The molecule has 0 atom stereocenters. The third-order valence-corrected chi connectivity index (χ3v) is 5.49. The highest BCUT2D eigenvalue weighted by atomic mass is 32.2. The van der Waals surface area contributed by atoms with Gasteiger partial charge in [-0.25, -0.2) is 9.78 Å². The highest BCUT2D eigenvalue weighted by molar-refractivity contribution is 7.99. The van der Waals surface area contributed by atoms with E-state index in [0.717, 1.165) is 17.4 Å². The molecule has 2 N–H and O–H groups in total. The summed E-state index contributed by atoms with van der Waals surface area (Å²) < 4.78 is 4.19. The number of benzene rings is 1. The fourth-order valence-corrected chi connectivity index (χ4v) is 3.79. The molecule has 0 fully saturated rings. The van der Waals surface area contributed by atoms with Crippen molar-refractivity contribution in [1.82, 2.24) is 18.7 Å². The number of nitrogens with one attached hydrogen (secondary N) is 1. The number of amides is 1. The van der Waals surface area contributed by atoms with Crippen molar-refractivity contribution in [2.45, 2.75) is 31.5 Å². The number of phenolic OH excluding ortho intramolecular Hbond substituents is 1. The third-order valence-electron chi connectivity index (χ3n) is 4.51. The van der Waals surface area contributed by atoms with E-state index in [4.69, 9.17) is 0 Å². The van der Waals surface area contributed by atoms with E-state index in [0.29, 0.717) is 28.6 Å². The Hall–Kier alpha value is -3.01. The van der Waals surface area contributed by atoms with E-state index in [1.807, 2.05) is 6.92 Å². The van der Waals surface area contributed by atoms with Gasteiger partial charge in [0.1, 0.15) is 5.75 Å². The lowest BCUT2D eigenvalue weighted by Crippen LogP contribution is -2.37. The van der Waals surface area contributed by atoms with Crippen LogP contribution in [0.15, 0.2) is 39.0 Å². The van der Waals surface area contributed by atoms with Crippen LogP contribution in [0.5, 0.6) is 5.75 Å². The molecule has 10 heteroatoms. The van der Waals surface area contributed by atoms with Crippen molar-refractivity contribution in [2.24, 2.45) is 14.1 Å². The summed E-state index contributed by atoms with van der Waals surface area (Å²) in [6, 6.07) is 6.29. The van der Waals surface area contributed by atoms with Gasteiger partial charge in [0.05, 0.1) is 5.75 Å². The van der Waals surface area contributed by atoms with Gasteiger partial charge in [-0.3, -0.25) is 18.7 Å². The van der Waals surface area contributed by atoms with Gasteiger partial charge in [0, 0.05) is 32.4 Å². The molecule has 154 valence electrons. The third kappa shape index (κ3) is 4.21. The van der Waals surface area contributed by atoms with Crippen LogP contribution in [0.4, 0.5) is 5.69 Å². The fraction of sp³-hybridized carbons (Fsp3) is 0.368. The molecule has 0 unspecified atom stereocenters. The highest BCUT2D eigenvalue weighted by Gasteiger charge is 2.19. The first-order chi connectivity index (χ1) is 13.8. The van der Waals surface area contributed by atoms with E-state index >= 15 is 0 Å². The largest absolute Gasteiger partial charge is 0.508 e. The molecule has 0 aliphatic heterocycles. The Labute approximate surface area is 171 Å². The van der Waals surface area contributed by atoms with E-state index in [9.17, 15) is 19.5 Å². The molecule has 0 aliphatic carbocycles. The maximum absolute atomic E-state index is 12.7. The number of phenols is 1. The van der Waals surface area contributed by atoms with E-state index in [1.54, 1.807) is 23.7 Å². The van der Waals surface area contributed by atoms with Crippen molar-refractivity contribution in [3.05, 3.63) is 45.1 Å². The molecule has 0 spiro atoms. The number of thioether (sulfide) groups is 1. The number of aryl methyl sites for hydroxylation is 2. The van der Waals surface area contributed by atoms with Gasteiger partial charge in [-0.2, -0.15) is 0 Å². The van der Waals surface area contributed by atoms with Crippen molar-refractivity contribution >= 4 is 34.5 Å². The SMILES string of the molecule is CCCCn1c(SCC(=O)Nc2cccc(O)c2)nc2c1c(=O)n(C)c(=O)n2C. The molecule has 0 radical (unpaired) electrons. The van der Waals surface area contributed by atoms with Gasteiger partial charge in [0.2, 0.25) is 5.91 Å². The topological polar surface area (TPSA) is 111 Å². The quantitative estimate of drug-likeness (QED) is 0.566. The fourth-order valence-electron chi connectivity index (χ4n) is 2.97. The molecule has 0 saturated heterocycles. The van der Waals surface area contributed by atoms with Gasteiger partial charge in [-0.1, -0.05) is 31.2 Å². The normalized spacial score (nSPS) is 11.1. The maximum Gasteiger partial charge on any atom is 0.332 e. The van der Waals surface area contributed by atoms with Gasteiger partial charge in [0.15, 0.2) is 16.3 Å². The number of hydrogen-bond acceptors (Lipinski definition) is 6. The molecule has 0 bridgehead atoms. The summed E-state index contributed by atoms with van der Waals surface area (Å²) in [5.74, 6) is -0.135. The standard InChI is InChI=1S/C19H23N5O4S/c1-4-5-9-24-15-16(22(2)19(28)23(3)17(15)27)21-18(24)29-11-14(26)20-12-7-6-8-13(25)10-12/h6-8,10,25H,4-5,9,11H2,1-3H3,(H,20,26). The summed E-state index contributed by atoms with van der Waals surface area (Å²) in [5, 5.41) is 12.7. The molecule has 1 aromatic carbocycles. The summed E-state index contributed by atoms with van der Waals surface area (Å²) in [6.07, 6.45) is 1.76. The van der Waals surface area contributed by atoms with Crippen LogP contribution >= 0.6 is 11.8 Å². The van der Waals surface area contributed by atoms with Crippen LogP contribution in [-0.2, 0) is 25.4 Å². The number of imidazole rings is 1. The first-order valence-corrected chi connectivity index (χ1v) is 10.2. The Balaban J connectivity index is 1.91. The Bertz CT molecular complexity index is 1180. The van der Waals surface area contributed by atoms with Crippen molar-refractivity contribution < 1.29 is 9.90 Å². The van der Waals surface area contributed by atoms with Crippen LogP contribution in [0.3, 0.4) is 0 Å². The van der Waals surface area contributed by atoms with Crippen LogP contribution in [0.25, 0.3) is 11.2 Å². The lowest BCUT2D eigenvalue weighted by atomic mass is 10.3. The second-order valence-corrected chi connectivity index (χ2v) is 7.61. The predicted molar refractivity (Wildman–Crippen MR) is 113 cm³/mol. The zero-order valence-electron chi connectivity index (χ0n) is 16.5. The number of anilines is 1. The first-order valence-electron chi connectivity index (χ1n) is 9.21. The number of unbranched alkanes of at least 4 members (excludes halogenated alkanes) is 1. The van der Waals surface area contributed by atoms with E-state index in [2.05, 4.69) is 10.3 Å². The number of nitrogens with zero attached hydrogens (tertiary/aromatic N) is 4. The number of rotatable bonds is 7.